The lowest BCUT2D eigenvalue weighted by atomic mass is 9.92. The van der Waals surface area contributed by atoms with Gasteiger partial charge in [-0.15, -0.1) is 23.5 Å². The van der Waals surface area contributed by atoms with Crippen LogP contribution >= 0.6 is 46.8 Å². The number of aliphatic carboxylic acids is 1. The summed E-state index contributed by atoms with van der Waals surface area (Å²) in [6, 6.07) is 1.84. The number of β-lactam (4-membered cyclic amide) rings is 1. The van der Waals surface area contributed by atoms with Crippen LogP contribution in [0.4, 0.5) is 0 Å². The number of rotatable bonds is 6. The fraction of sp³-hybridized carbons (Fsp3) is 0.385. The van der Waals surface area contributed by atoms with E-state index in [4.69, 9.17) is 5.26 Å². The van der Waals surface area contributed by atoms with Crippen molar-refractivity contribution in [3.63, 3.8) is 0 Å². The Bertz CT molecular complexity index is 868. The number of carboxylic acid groups (broad SMARTS) is 1. The molecule has 3 atom stereocenters. The third kappa shape index (κ3) is 3.11. The molecule has 3 heterocycles. The van der Waals surface area contributed by atoms with Crippen LogP contribution in [0.2, 0.25) is 0 Å². The first-order valence-corrected chi connectivity index (χ1v) is 10.6. The fourth-order valence-corrected chi connectivity index (χ4v) is 7.81. The summed E-state index contributed by atoms with van der Waals surface area (Å²) in [6.07, 6.45) is -0.842. The molecule has 0 spiro atoms. The average molecular weight is 418 g/mol. The smallest absolute Gasteiger partial charge is 0.354 e. The van der Waals surface area contributed by atoms with Gasteiger partial charge in [-0.1, -0.05) is 23.3 Å². The number of fused-ring (bicyclic) bond motifs is 1. The number of aromatic amines is 1. The van der Waals surface area contributed by atoms with Crippen molar-refractivity contribution in [3.8, 4) is 6.07 Å². The van der Waals surface area contributed by atoms with E-state index in [2.05, 4.69) is 4.37 Å². The van der Waals surface area contributed by atoms with Gasteiger partial charge >= 0.3 is 5.97 Å². The lowest BCUT2D eigenvalue weighted by Crippen LogP contribution is -2.60. The van der Waals surface area contributed by atoms with E-state index in [1.807, 2.05) is 6.07 Å². The fourth-order valence-electron chi connectivity index (χ4n) is 2.47. The third-order valence-electron chi connectivity index (χ3n) is 3.63. The first-order valence-electron chi connectivity index (χ1n) is 6.89. The molecule has 132 valence electrons. The molecule has 0 aromatic carbocycles. The van der Waals surface area contributed by atoms with Crippen molar-refractivity contribution in [2.45, 2.75) is 22.6 Å². The van der Waals surface area contributed by atoms with Crippen molar-refractivity contribution < 1.29 is 19.8 Å². The minimum absolute atomic E-state index is 0.0512. The summed E-state index contributed by atoms with van der Waals surface area (Å²) in [7, 11) is 0. The van der Waals surface area contributed by atoms with Crippen LogP contribution < -0.4 is 5.56 Å². The van der Waals surface area contributed by atoms with Crippen molar-refractivity contribution in [1.82, 2.24) is 9.27 Å². The van der Waals surface area contributed by atoms with Gasteiger partial charge in [0, 0.05) is 0 Å². The number of hydrogen-bond donors (Lipinski definition) is 3. The molecule has 1 fully saturated rings. The number of H-pyrrole nitrogens is 1. The van der Waals surface area contributed by atoms with Gasteiger partial charge in [-0.2, -0.15) is 5.26 Å². The summed E-state index contributed by atoms with van der Waals surface area (Å²) in [5.74, 6) is -2.18. The zero-order valence-corrected chi connectivity index (χ0v) is 15.9. The molecule has 0 bridgehead atoms. The summed E-state index contributed by atoms with van der Waals surface area (Å²) in [6.45, 7) is 1.51. The number of aliphatic hydroxyl groups is 1. The maximum atomic E-state index is 12.1. The van der Waals surface area contributed by atoms with Gasteiger partial charge in [0.25, 0.3) is 5.56 Å². The molecule has 2 aliphatic heterocycles. The lowest BCUT2D eigenvalue weighted by Gasteiger charge is -2.43. The van der Waals surface area contributed by atoms with Crippen molar-refractivity contribution in [1.29, 1.82) is 5.26 Å². The Morgan fingerprint density at radius 1 is 1.48 bits per heavy atom. The minimum atomic E-state index is -1.19. The van der Waals surface area contributed by atoms with Crippen LogP contribution in [0, 0.1) is 17.2 Å². The molecule has 8 nitrogen and oxygen atoms in total. The molecule has 1 amide bonds. The maximum absolute atomic E-state index is 12.1. The summed E-state index contributed by atoms with van der Waals surface area (Å²) in [5, 5.41) is 28.0. The van der Waals surface area contributed by atoms with E-state index >= 15 is 0 Å². The Morgan fingerprint density at radius 2 is 2.20 bits per heavy atom. The van der Waals surface area contributed by atoms with Gasteiger partial charge in [0.05, 0.1) is 21.3 Å². The molecular weight excluding hydrogens is 406 g/mol. The third-order valence-corrected chi connectivity index (χ3v) is 8.57. The predicted octanol–water partition coefficient (Wildman–Crippen LogP) is 1.26. The van der Waals surface area contributed by atoms with E-state index in [9.17, 15) is 24.6 Å². The first kappa shape index (κ1) is 18.4. The van der Waals surface area contributed by atoms with E-state index in [-0.39, 0.29) is 17.2 Å². The molecule has 0 radical (unpaired) electrons. The highest BCUT2D eigenvalue weighted by molar-refractivity contribution is 8.28. The molecule has 1 aromatic rings. The molecule has 0 unspecified atom stereocenters. The molecule has 0 saturated carbocycles. The number of aliphatic hydroxyl groups excluding tert-OH is 1. The van der Waals surface area contributed by atoms with E-state index in [0.29, 0.717) is 13.5 Å². The number of nitrogens with zero attached hydrogens (tertiary/aromatic N) is 2. The minimum Gasteiger partial charge on any atom is -0.477 e. The van der Waals surface area contributed by atoms with E-state index < -0.39 is 28.9 Å². The Morgan fingerprint density at radius 3 is 2.80 bits per heavy atom. The molecular formula is C13H11N3O5S4. The normalized spacial score (nSPS) is 23.2. The van der Waals surface area contributed by atoms with Crippen molar-refractivity contribution >= 4 is 58.7 Å². The summed E-state index contributed by atoms with van der Waals surface area (Å²) in [4.78, 5) is 36.3. The molecule has 1 aromatic heterocycles. The van der Waals surface area contributed by atoms with Crippen molar-refractivity contribution in [2.24, 2.45) is 5.92 Å². The predicted molar refractivity (Wildman–Crippen MR) is 96.0 cm³/mol. The van der Waals surface area contributed by atoms with Gasteiger partial charge in [-0.3, -0.25) is 18.9 Å². The second kappa shape index (κ2) is 7.08. The van der Waals surface area contributed by atoms with Crippen molar-refractivity contribution in [2.75, 3.05) is 5.08 Å². The number of amides is 1. The molecule has 3 N–H and O–H groups in total. The van der Waals surface area contributed by atoms with Gasteiger partial charge in [0.15, 0.2) is 5.70 Å². The van der Waals surface area contributed by atoms with Gasteiger partial charge in [0.1, 0.15) is 21.2 Å². The Labute approximate surface area is 158 Å². The zero-order chi connectivity index (χ0) is 18.3. The molecule has 1 saturated heterocycles. The molecule has 2 aliphatic rings. The number of aromatic nitrogens is 1. The lowest BCUT2D eigenvalue weighted by molar-refractivity contribution is -0.156. The van der Waals surface area contributed by atoms with Crippen LogP contribution in [0.3, 0.4) is 0 Å². The number of carboxylic acids is 1. The van der Waals surface area contributed by atoms with Crippen LogP contribution in [-0.2, 0) is 9.59 Å². The first-order chi connectivity index (χ1) is 11.9. The van der Waals surface area contributed by atoms with Gasteiger partial charge in [-0.25, -0.2) is 4.79 Å². The molecule has 3 rings (SSSR count). The Balaban J connectivity index is 1.72. The highest BCUT2D eigenvalue weighted by Crippen LogP contribution is 2.54. The maximum Gasteiger partial charge on any atom is 0.354 e. The molecule has 25 heavy (non-hydrogen) atoms. The SMILES string of the molecule is C[C@@H](O)[C@H]1C(=O)N2C(C(=O)O)=C(SCSc3s[nH]c(=O)c3C#N)S[C@H]12. The second-order valence-electron chi connectivity index (χ2n) is 5.14. The monoisotopic (exact) mass is 417 g/mol. The largest absolute Gasteiger partial charge is 0.477 e. The van der Waals surface area contributed by atoms with Gasteiger partial charge < -0.3 is 10.2 Å². The Kier molecular flexibility index (Phi) is 5.21. The number of carbonyl (C=O) groups is 2. The van der Waals surface area contributed by atoms with E-state index in [1.54, 1.807) is 0 Å². The van der Waals surface area contributed by atoms with Crippen LogP contribution in [0.1, 0.15) is 12.5 Å². The number of nitrogens with one attached hydrogen (secondary N) is 1. The number of hydrogen-bond acceptors (Lipinski definition) is 9. The standard InChI is InChI=1S/C13H11N3O5S4/c1-4(17)6-9(19)16-7(11(20)21)13(24-10(6)16)23-3-22-12-5(2-14)8(18)15-25-12/h4,6,10,17H,3H2,1H3,(H,15,18)(H,20,21)/t4-,6+,10-/m1/s1. The van der Waals surface area contributed by atoms with Crippen LogP contribution in [0.5, 0.6) is 0 Å². The van der Waals surface area contributed by atoms with Crippen molar-refractivity contribution in [3.05, 3.63) is 25.9 Å². The zero-order valence-electron chi connectivity index (χ0n) is 12.6. The Hall–Kier alpha value is -1.39. The average Bonchev–Trinajstić information content (AvgIpc) is 3.05. The second-order valence-corrected chi connectivity index (χ2v) is 9.94. The highest BCUT2D eigenvalue weighted by Gasteiger charge is 2.57. The quantitative estimate of drug-likeness (QED) is 0.355. The summed E-state index contributed by atoms with van der Waals surface area (Å²) >= 11 is 4.81. The molecule has 0 aliphatic carbocycles. The number of carbonyl (C=O) groups excluding carboxylic acids is 1. The highest BCUT2D eigenvalue weighted by atomic mass is 32.2. The summed E-state index contributed by atoms with van der Waals surface area (Å²) < 4.78 is 3.52. The van der Waals surface area contributed by atoms with Crippen LogP contribution in [-0.4, -0.2) is 47.9 Å². The van der Waals surface area contributed by atoms with E-state index in [0.717, 1.165) is 11.5 Å². The summed E-state index contributed by atoms with van der Waals surface area (Å²) in [5.41, 5.74) is -0.448. The molecule has 12 heteroatoms. The van der Waals surface area contributed by atoms with Crippen LogP contribution in [0.15, 0.2) is 18.9 Å². The van der Waals surface area contributed by atoms with Gasteiger partial charge in [0.2, 0.25) is 5.91 Å². The van der Waals surface area contributed by atoms with Gasteiger partial charge in [-0.05, 0) is 6.92 Å². The topological polar surface area (TPSA) is 134 Å². The van der Waals surface area contributed by atoms with E-state index in [1.165, 1.54) is 47.1 Å². The number of thioether (sulfide) groups is 3. The number of nitriles is 1. The van der Waals surface area contributed by atoms with Crippen LogP contribution in [0.25, 0.3) is 0 Å².